The second-order valence-corrected chi connectivity index (χ2v) is 5.19. The quantitative estimate of drug-likeness (QED) is 0.814. The molecule has 114 valence electrons. The van der Waals surface area contributed by atoms with Crippen LogP contribution < -0.4 is 10.6 Å². The van der Waals surface area contributed by atoms with Gasteiger partial charge in [0.2, 0.25) is 5.91 Å². The van der Waals surface area contributed by atoms with Gasteiger partial charge in [0.1, 0.15) is 5.75 Å². The Balaban J connectivity index is 2.18. The van der Waals surface area contributed by atoms with Gasteiger partial charge in [-0.15, -0.1) is 0 Å². The predicted octanol–water partition coefficient (Wildman–Crippen LogP) is 3.22. The lowest BCUT2D eigenvalue weighted by molar-refractivity contribution is -0.114. The van der Waals surface area contributed by atoms with E-state index in [0.29, 0.717) is 11.4 Å². The molecule has 5 heteroatoms. The van der Waals surface area contributed by atoms with E-state index in [1.54, 1.807) is 36.4 Å². The molecule has 0 saturated carbocycles. The van der Waals surface area contributed by atoms with E-state index in [1.165, 1.54) is 6.92 Å². The first-order valence-corrected chi connectivity index (χ1v) is 6.86. The molecule has 0 aliphatic rings. The smallest absolute Gasteiger partial charge is 0.259 e. The molecular weight excluding hydrogens is 280 g/mol. The molecule has 0 aromatic heterocycles. The standard InChI is InChI=1S/C17H18N2O3/c1-10-4-6-14(16(21)8-10)17(22)19-13-5-7-15(11(2)9-13)18-12(3)20/h4-9,21H,1-3H3,(H,18,20)(H,19,22). The molecule has 0 heterocycles. The van der Waals surface area contributed by atoms with Crippen LogP contribution in [0.25, 0.3) is 0 Å². The Morgan fingerprint density at radius 3 is 2.32 bits per heavy atom. The first-order chi connectivity index (χ1) is 10.4. The van der Waals surface area contributed by atoms with Gasteiger partial charge in [-0.25, -0.2) is 0 Å². The number of phenolic OH excluding ortho intramolecular Hbond substituents is 1. The summed E-state index contributed by atoms with van der Waals surface area (Å²) in [5.74, 6) is -0.585. The number of aromatic hydroxyl groups is 1. The van der Waals surface area contributed by atoms with E-state index in [1.807, 2.05) is 13.8 Å². The Morgan fingerprint density at radius 1 is 1.00 bits per heavy atom. The van der Waals surface area contributed by atoms with Crippen molar-refractivity contribution < 1.29 is 14.7 Å². The number of aryl methyl sites for hydroxylation is 2. The molecule has 0 aliphatic carbocycles. The first-order valence-electron chi connectivity index (χ1n) is 6.86. The van der Waals surface area contributed by atoms with Crippen LogP contribution in [0.1, 0.15) is 28.4 Å². The van der Waals surface area contributed by atoms with Crippen molar-refractivity contribution in [1.29, 1.82) is 0 Å². The Morgan fingerprint density at radius 2 is 1.73 bits per heavy atom. The van der Waals surface area contributed by atoms with E-state index in [9.17, 15) is 14.7 Å². The van der Waals surface area contributed by atoms with Gasteiger partial charge in [0.05, 0.1) is 5.56 Å². The van der Waals surface area contributed by atoms with E-state index >= 15 is 0 Å². The highest BCUT2D eigenvalue weighted by molar-refractivity contribution is 6.06. The molecule has 0 spiro atoms. The lowest BCUT2D eigenvalue weighted by Gasteiger charge is -2.11. The molecule has 0 aliphatic heterocycles. The molecule has 0 unspecified atom stereocenters. The van der Waals surface area contributed by atoms with Crippen LogP contribution in [0.15, 0.2) is 36.4 Å². The molecule has 0 saturated heterocycles. The van der Waals surface area contributed by atoms with Gasteiger partial charge in [0.25, 0.3) is 5.91 Å². The second-order valence-electron chi connectivity index (χ2n) is 5.19. The van der Waals surface area contributed by atoms with E-state index in [-0.39, 0.29) is 23.1 Å². The number of rotatable bonds is 3. The van der Waals surface area contributed by atoms with Crippen LogP contribution in [0, 0.1) is 13.8 Å². The molecular formula is C17H18N2O3. The molecule has 5 nitrogen and oxygen atoms in total. The Kier molecular flexibility index (Phi) is 4.46. The maximum atomic E-state index is 12.2. The fourth-order valence-electron chi connectivity index (χ4n) is 2.10. The molecule has 22 heavy (non-hydrogen) atoms. The minimum atomic E-state index is -0.385. The summed E-state index contributed by atoms with van der Waals surface area (Å²) >= 11 is 0. The minimum Gasteiger partial charge on any atom is -0.507 e. The molecule has 0 fully saturated rings. The Hall–Kier alpha value is -2.82. The molecule has 0 radical (unpaired) electrons. The SMILES string of the molecule is CC(=O)Nc1ccc(NC(=O)c2ccc(C)cc2O)cc1C. The van der Waals surface area contributed by atoms with Crippen LogP contribution in [0.5, 0.6) is 5.75 Å². The van der Waals surface area contributed by atoms with Gasteiger partial charge in [0, 0.05) is 18.3 Å². The fourth-order valence-corrected chi connectivity index (χ4v) is 2.10. The molecule has 2 aromatic rings. The third-order valence-electron chi connectivity index (χ3n) is 3.19. The van der Waals surface area contributed by atoms with Crippen molar-refractivity contribution in [3.05, 3.63) is 53.1 Å². The zero-order valence-electron chi connectivity index (χ0n) is 12.7. The summed E-state index contributed by atoms with van der Waals surface area (Å²) in [6.45, 7) is 5.12. The average molecular weight is 298 g/mol. The highest BCUT2D eigenvalue weighted by Crippen LogP contribution is 2.23. The number of phenols is 1. The van der Waals surface area contributed by atoms with Gasteiger partial charge in [-0.1, -0.05) is 6.07 Å². The summed E-state index contributed by atoms with van der Waals surface area (Å²) in [6.07, 6.45) is 0. The van der Waals surface area contributed by atoms with Crippen molar-refractivity contribution >= 4 is 23.2 Å². The number of anilines is 2. The van der Waals surface area contributed by atoms with Crippen LogP contribution in [-0.2, 0) is 4.79 Å². The van der Waals surface area contributed by atoms with Crippen molar-refractivity contribution in [2.75, 3.05) is 10.6 Å². The molecule has 0 bridgehead atoms. The predicted molar refractivity (Wildman–Crippen MR) is 86.3 cm³/mol. The topological polar surface area (TPSA) is 78.4 Å². The van der Waals surface area contributed by atoms with Crippen molar-refractivity contribution in [2.45, 2.75) is 20.8 Å². The summed E-state index contributed by atoms with van der Waals surface area (Å²) in [7, 11) is 0. The summed E-state index contributed by atoms with van der Waals surface area (Å²) in [5.41, 5.74) is 3.22. The van der Waals surface area contributed by atoms with Crippen molar-refractivity contribution in [3.63, 3.8) is 0 Å². The molecule has 0 atom stereocenters. The molecule has 2 aromatic carbocycles. The fraction of sp³-hybridized carbons (Fsp3) is 0.176. The Labute approximate surface area is 129 Å². The number of benzene rings is 2. The summed E-state index contributed by atoms with van der Waals surface area (Å²) < 4.78 is 0. The maximum Gasteiger partial charge on any atom is 0.259 e. The lowest BCUT2D eigenvalue weighted by Crippen LogP contribution is -2.13. The second kappa shape index (κ2) is 6.30. The summed E-state index contributed by atoms with van der Waals surface area (Å²) in [4.78, 5) is 23.2. The van der Waals surface area contributed by atoms with Gasteiger partial charge < -0.3 is 15.7 Å². The highest BCUT2D eigenvalue weighted by Gasteiger charge is 2.12. The largest absolute Gasteiger partial charge is 0.507 e. The van der Waals surface area contributed by atoms with Gasteiger partial charge in [-0.2, -0.15) is 0 Å². The summed E-state index contributed by atoms with van der Waals surface area (Å²) in [5, 5.41) is 15.3. The maximum absolute atomic E-state index is 12.2. The van der Waals surface area contributed by atoms with E-state index in [4.69, 9.17) is 0 Å². The normalized spacial score (nSPS) is 10.1. The van der Waals surface area contributed by atoms with E-state index < -0.39 is 0 Å². The highest BCUT2D eigenvalue weighted by atomic mass is 16.3. The van der Waals surface area contributed by atoms with Crippen LogP contribution in [0.3, 0.4) is 0 Å². The zero-order chi connectivity index (χ0) is 16.3. The van der Waals surface area contributed by atoms with Gasteiger partial charge in [0.15, 0.2) is 0 Å². The van der Waals surface area contributed by atoms with Gasteiger partial charge >= 0.3 is 0 Å². The first kappa shape index (κ1) is 15.6. The molecule has 2 rings (SSSR count). The molecule has 3 N–H and O–H groups in total. The average Bonchev–Trinajstić information content (AvgIpc) is 2.41. The van der Waals surface area contributed by atoms with Gasteiger partial charge in [-0.3, -0.25) is 9.59 Å². The number of hydrogen-bond donors (Lipinski definition) is 3. The van der Waals surface area contributed by atoms with Gasteiger partial charge in [-0.05, 0) is 55.3 Å². The zero-order valence-corrected chi connectivity index (χ0v) is 12.7. The van der Waals surface area contributed by atoms with Crippen LogP contribution in [0.4, 0.5) is 11.4 Å². The number of amides is 2. The van der Waals surface area contributed by atoms with E-state index in [2.05, 4.69) is 10.6 Å². The minimum absolute atomic E-state index is 0.0518. The third kappa shape index (κ3) is 3.63. The van der Waals surface area contributed by atoms with Crippen LogP contribution >= 0.6 is 0 Å². The lowest BCUT2D eigenvalue weighted by atomic mass is 10.1. The number of nitrogens with one attached hydrogen (secondary N) is 2. The van der Waals surface area contributed by atoms with Crippen molar-refractivity contribution in [3.8, 4) is 5.75 Å². The summed E-state index contributed by atoms with van der Waals surface area (Å²) in [6, 6.07) is 10.1. The monoisotopic (exact) mass is 298 g/mol. The van der Waals surface area contributed by atoms with Crippen molar-refractivity contribution in [2.24, 2.45) is 0 Å². The molecule has 2 amide bonds. The Bertz CT molecular complexity index is 739. The van der Waals surface area contributed by atoms with Crippen LogP contribution in [-0.4, -0.2) is 16.9 Å². The van der Waals surface area contributed by atoms with Crippen molar-refractivity contribution in [1.82, 2.24) is 0 Å². The van der Waals surface area contributed by atoms with Crippen LogP contribution in [0.2, 0.25) is 0 Å². The number of carbonyl (C=O) groups excluding carboxylic acids is 2. The number of carbonyl (C=O) groups is 2. The number of hydrogen-bond acceptors (Lipinski definition) is 3. The third-order valence-corrected chi connectivity index (χ3v) is 3.19. The van der Waals surface area contributed by atoms with E-state index in [0.717, 1.165) is 11.1 Å².